The number of hydrogen-bond donors (Lipinski definition) is 2. The topological polar surface area (TPSA) is 78.5 Å². The van der Waals surface area contributed by atoms with Crippen LogP contribution >= 0.6 is 0 Å². The number of urea groups is 1. The Balaban J connectivity index is 1.55. The van der Waals surface area contributed by atoms with E-state index in [9.17, 15) is 18.8 Å². The molecule has 1 aliphatic heterocycles. The number of nitrogens with zero attached hydrogens (tertiary/aromatic N) is 1. The lowest BCUT2D eigenvalue weighted by molar-refractivity contribution is -0.134. The molecule has 1 atom stereocenters. The molecule has 0 radical (unpaired) electrons. The summed E-state index contributed by atoms with van der Waals surface area (Å²) in [6, 6.07) is 14.8. The maximum absolute atomic E-state index is 12.9. The van der Waals surface area contributed by atoms with Gasteiger partial charge in [0.15, 0.2) is 0 Å². The molecular weight excluding hydrogens is 361 g/mol. The van der Waals surface area contributed by atoms with E-state index >= 15 is 0 Å². The van der Waals surface area contributed by atoms with E-state index in [2.05, 4.69) is 10.6 Å². The van der Waals surface area contributed by atoms with Crippen molar-refractivity contribution in [3.8, 4) is 0 Å². The van der Waals surface area contributed by atoms with E-state index in [0.717, 1.165) is 16.0 Å². The molecule has 28 heavy (non-hydrogen) atoms. The number of amides is 4. The summed E-state index contributed by atoms with van der Waals surface area (Å²) in [6.07, 6.45) is 1.07. The van der Waals surface area contributed by atoms with Crippen molar-refractivity contribution in [2.24, 2.45) is 0 Å². The molecule has 0 bridgehead atoms. The third-order valence-electron chi connectivity index (χ3n) is 4.81. The zero-order chi connectivity index (χ0) is 20.1. The molecule has 1 heterocycles. The van der Waals surface area contributed by atoms with Crippen molar-refractivity contribution in [2.75, 3.05) is 6.54 Å². The number of rotatable bonds is 7. The largest absolute Gasteiger partial charge is 0.350 e. The van der Waals surface area contributed by atoms with Crippen LogP contribution in [0.25, 0.3) is 0 Å². The summed E-state index contributed by atoms with van der Waals surface area (Å²) in [5.74, 6) is -1.23. The van der Waals surface area contributed by atoms with Crippen molar-refractivity contribution in [3.05, 3.63) is 71.5 Å². The molecule has 2 N–H and O–H groups in total. The summed E-state index contributed by atoms with van der Waals surface area (Å²) in [7, 11) is 0. The Labute approximate surface area is 162 Å². The van der Waals surface area contributed by atoms with Gasteiger partial charge in [-0.3, -0.25) is 14.5 Å². The summed E-state index contributed by atoms with van der Waals surface area (Å²) in [6.45, 7) is 1.51. The van der Waals surface area contributed by atoms with Gasteiger partial charge in [-0.2, -0.15) is 0 Å². The summed E-state index contributed by atoms with van der Waals surface area (Å²) in [5.41, 5.74) is 0.755. The number of hydrogen-bond acceptors (Lipinski definition) is 3. The fourth-order valence-corrected chi connectivity index (χ4v) is 3.10. The second-order valence-corrected chi connectivity index (χ2v) is 7.04. The smallest absolute Gasteiger partial charge is 0.325 e. The second-order valence-electron chi connectivity index (χ2n) is 7.04. The van der Waals surface area contributed by atoms with Crippen LogP contribution in [0.4, 0.5) is 9.18 Å². The van der Waals surface area contributed by atoms with Crippen molar-refractivity contribution in [1.82, 2.24) is 15.5 Å². The highest BCUT2D eigenvalue weighted by Crippen LogP contribution is 2.23. The standard InChI is InChI=1S/C21H22FN3O3/c1-21(12-11-15-5-3-2-4-6-15)19(27)25(20(28)24-21)14-18(26)23-13-16-7-9-17(22)10-8-16/h2-10H,11-14H2,1H3,(H,23,26)(H,24,28)/t21-/m1/s1. The minimum absolute atomic E-state index is 0.189. The Bertz CT molecular complexity index is 870. The molecule has 1 fully saturated rings. The SMILES string of the molecule is C[C@]1(CCc2ccccc2)NC(=O)N(CC(=O)NCc2ccc(F)cc2)C1=O. The molecule has 0 aromatic heterocycles. The van der Waals surface area contributed by atoms with Gasteiger partial charge in [0.2, 0.25) is 5.91 Å². The van der Waals surface area contributed by atoms with Gasteiger partial charge >= 0.3 is 6.03 Å². The van der Waals surface area contributed by atoms with Gasteiger partial charge in [0, 0.05) is 6.54 Å². The highest BCUT2D eigenvalue weighted by atomic mass is 19.1. The summed E-state index contributed by atoms with van der Waals surface area (Å²) < 4.78 is 12.9. The molecule has 0 spiro atoms. The van der Waals surface area contributed by atoms with Crippen LogP contribution in [0, 0.1) is 5.82 Å². The van der Waals surface area contributed by atoms with E-state index in [1.54, 1.807) is 19.1 Å². The average Bonchev–Trinajstić information content (AvgIpc) is 2.90. The summed E-state index contributed by atoms with van der Waals surface area (Å²) >= 11 is 0. The molecule has 2 aromatic carbocycles. The number of carbonyl (C=O) groups excluding carboxylic acids is 3. The van der Waals surface area contributed by atoms with Crippen molar-refractivity contribution < 1.29 is 18.8 Å². The van der Waals surface area contributed by atoms with Crippen molar-refractivity contribution >= 4 is 17.8 Å². The Hall–Kier alpha value is -3.22. The number of aryl methyl sites for hydroxylation is 1. The maximum atomic E-state index is 12.9. The van der Waals surface area contributed by atoms with Gasteiger partial charge in [-0.25, -0.2) is 9.18 Å². The minimum atomic E-state index is -1.04. The third kappa shape index (κ3) is 4.54. The lowest BCUT2D eigenvalue weighted by Gasteiger charge is -2.21. The van der Waals surface area contributed by atoms with Crippen LogP contribution in [-0.2, 0) is 22.6 Å². The molecular formula is C21H22FN3O3. The third-order valence-corrected chi connectivity index (χ3v) is 4.81. The lowest BCUT2D eigenvalue weighted by Crippen LogP contribution is -2.45. The molecule has 2 aromatic rings. The Morgan fingerprint density at radius 2 is 1.75 bits per heavy atom. The Kier molecular flexibility index (Phi) is 5.73. The Morgan fingerprint density at radius 3 is 2.43 bits per heavy atom. The fourth-order valence-electron chi connectivity index (χ4n) is 3.10. The van der Waals surface area contributed by atoms with Crippen LogP contribution in [0.15, 0.2) is 54.6 Å². The van der Waals surface area contributed by atoms with E-state index in [1.807, 2.05) is 30.3 Å². The first-order valence-corrected chi connectivity index (χ1v) is 9.06. The van der Waals surface area contributed by atoms with Gasteiger partial charge in [0.25, 0.3) is 5.91 Å². The van der Waals surface area contributed by atoms with Crippen LogP contribution in [-0.4, -0.2) is 34.8 Å². The predicted octanol–water partition coefficient (Wildman–Crippen LogP) is 2.39. The molecule has 4 amide bonds. The molecule has 0 unspecified atom stereocenters. The highest BCUT2D eigenvalue weighted by Gasteiger charge is 2.47. The van der Waals surface area contributed by atoms with E-state index < -0.39 is 23.4 Å². The van der Waals surface area contributed by atoms with Gasteiger partial charge < -0.3 is 10.6 Å². The predicted molar refractivity (Wildman–Crippen MR) is 102 cm³/mol. The van der Waals surface area contributed by atoms with Crippen LogP contribution in [0.5, 0.6) is 0 Å². The molecule has 146 valence electrons. The summed E-state index contributed by atoms with van der Waals surface area (Å²) in [4.78, 5) is 38.1. The zero-order valence-electron chi connectivity index (χ0n) is 15.6. The van der Waals surface area contributed by atoms with E-state index in [4.69, 9.17) is 0 Å². The zero-order valence-corrected chi connectivity index (χ0v) is 15.6. The maximum Gasteiger partial charge on any atom is 0.325 e. The highest BCUT2D eigenvalue weighted by molar-refractivity contribution is 6.08. The number of benzene rings is 2. The molecule has 1 aliphatic rings. The molecule has 0 aliphatic carbocycles. The Morgan fingerprint density at radius 1 is 1.07 bits per heavy atom. The first-order valence-electron chi connectivity index (χ1n) is 9.06. The van der Waals surface area contributed by atoms with Crippen LogP contribution in [0.1, 0.15) is 24.5 Å². The van der Waals surface area contributed by atoms with E-state index in [-0.39, 0.29) is 18.9 Å². The normalized spacial score (nSPS) is 18.9. The fraction of sp³-hybridized carbons (Fsp3) is 0.286. The molecule has 0 saturated carbocycles. The van der Waals surface area contributed by atoms with Gasteiger partial charge in [-0.15, -0.1) is 0 Å². The van der Waals surface area contributed by atoms with E-state index in [1.165, 1.54) is 12.1 Å². The monoisotopic (exact) mass is 383 g/mol. The number of halogens is 1. The van der Waals surface area contributed by atoms with Gasteiger partial charge in [-0.1, -0.05) is 42.5 Å². The van der Waals surface area contributed by atoms with E-state index in [0.29, 0.717) is 12.8 Å². The van der Waals surface area contributed by atoms with Crippen LogP contribution < -0.4 is 10.6 Å². The summed E-state index contributed by atoms with van der Waals surface area (Å²) in [5, 5.41) is 5.34. The van der Waals surface area contributed by atoms with Crippen molar-refractivity contribution in [1.29, 1.82) is 0 Å². The van der Waals surface area contributed by atoms with Crippen LogP contribution in [0.3, 0.4) is 0 Å². The van der Waals surface area contributed by atoms with Gasteiger partial charge in [0.05, 0.1) is 0 Å². The molecule has 1 saturated heterocycles. The van der Waals surface area contributed by atoms with Crippen molar-refractivity contribution in [3.63, 3.8) is 0 Å². The quantitative estimate of drug-likeness (QED) is 0.721. The van der Waals surface area contributed by atoms with Gasteiger partial charge in [-0.05, 0) is 43.0 Å². The number of nitrogens with one attached hydrogen (secondary N) is 2. The first kappa shape index (κ1) is 19.5. The van der Waals surface area contributed by atoms with Gasteiger partial charge in [0.1, 0.15) is 17.9 Å². The molecule has 6 nitrogen and oxygen atoms in total. The number of imide groups is 1. The minimum Gasteiger partial charge on any atom is -0.350 e. The van der Waals surface area contributed by atoms with Crippen molar-refractivity contribution in [2.45, 2.75) is 31.8 Å². The molecule has 3 rings (SSSR count). The van der Waals surface area contributed by atoms with Crippen LogP contribution in [0.2, 0.25) is 0 Å². The lowest BCUT2D eigenvalue weighted by atomic mass is 9.93. The first-order chi connectivity index (χ1) is 13.4. The molecule has 7 heteroatoms. The second kappa shape index (κ2) is 8.21. The number of carbonyl (C=O) groups is 3. The average molecular weight is 383 g/mol.